The number of hydrogen-bond acceptors (Lipinski definition) is 3. The number of methoxy groups -OCH3 is 1. The van der Waals surface area contributed by atoms with E-state index in [4.69, 9.17) is 9.47 Å². The predicted octanol–water partition coefficient (Wildman–Crippen LogP) is 3.41. The van der Waals surface area contributed by atoms with Gasteiger partial charge in [-0.05, 0) is 50.4 Å². The molecule has 108 valence electrons. The topological polar surface area (TPSA) is 30.5 Å². The molecule has 1 unspecified atom stereocenters. The van der Waals surface area contributed by atoms with Crippen LogP contribution in [0, 0.1) is 0 Å². The van der Waals surface area contributed by atoms with Crippen LogP contribution < -0.4 is 14.8 Å². The standard InChI is InChI=1S/C16H27NO2/c1-5-10-17-13(3)9-11-19-15-8-7-14(6-2)12-16(15)18-4/h7-8,12-13,17H,5-6,9-11H2,1-4H3. The van der Waals surface area contributed by atoms with Crippen LogP contribution in [0.25, 0.3) is 0 Å². The Bertz CT molecular complexity index is 366. The van der Waals surface area contributed by atoms with E-state index < -0.39 is 0 Å². The fourth-order valence-electron chi connectivity index (χ4n) is 1.89. The Hall–Kier alpha value is -1.22. The zero-order chi connectivity index (χ0) is 14.1. The maximum Gasteiger partial charge on any atom is 0.161 e. The van der Waals surface area contributed by atoms with Crippen LogP contribution in [0.5, 0.6) is 11.5 Å². The summed E-state index contributed by atoms with van der Waals surface area (Å²) in [6.45, 7) is 8.28. The van der Waals surface area contributed by atoms with Gasteiger partial charge in [0, 0.05) is 6.04 Å². The second-order valence-electron chi connectivity index (χ2n) is 4.83. The van der Waals surface area contributed by atoms with Crippen LogP contribution in [0.15, 0.2) is 18.2 Å². The quantitative estimate of drug-likeness (QED) is 0.742. The van der Waals surface area contributed by atoms with Gasteiger partial charge in [0.2, 0.25) is 0 Å². The molecule has 0 fully saturated rings. The third-order valence-corrected chi connectivity index (χ3v) is 3.19. The Morgan fingerprint density at radius 1 is 1.21 bits per heavy atom. The van der Waals surface area contributed by atoms with E-state index in [-0.39, 0.29) is 0 Å². The summed E-state index contributed by atoms with van der Waals surface area (Å²) in [7, 11) is 1.69. The first kappa shape index (κ1) is 15.8. The van der Waals surface area contributed by atoms with Crippen molar-refractivity contribution < 1.29 is 9.47 Å². The molecule has 0 spiro atoms. The van der Waals surface area contributed by atoms with Gasteiger partial charge in [-0.3, -0.25) is 0 Å². The van der Waals surface area contributed by atoms with Crippen molar-refractivity contribution in [2.24, 2.45) is 0 Å². The zero-order valence-corrected chi connectivity index (χ0v) is 12.7. The summed E-state index contributed by atoms with van der Waals surface area (Å²) in [5, 5.41) is 3.45. The molecule has 0 heterocycles. The van der Waals surface area contributed by atoms with E-state index in [0.717, 1.165) is 37.3 Å². The van der Waals surface area contributed by atoms with Crippen LogP contribution in [0.1, 0.15) is 39.2 Å². The number of hydrogen-bond donors (Lipinski definition) is 1. The second kappa shape index (κ2) is 8.81. The molecule has 3 nitrogen and oxygen atoms in total. The molecule has 19 heavy (non-hydrogen) atoms. The van der Waals surface area contributed by atoms with Gasteiger partial charge in [-0.15, -0.1) is 0 Å². The highest BCUT2D eigenvalue weighted by Gasteiger charge is 2.06. The van der Waals surface area contributed by atoms with Gasteiger partial charge in [0.05, 0.1) is 13.7 Å². The van der Waals surface area contributed by atoms with E-state index in [1.807, 2.05) is 12.1 Å². The summed E-state index contributed by atoms with van der Waals surface area (Å²) in [5.41, 5.74) is 1.27. The number of benzene rings is 1. The van der Waals surface area contributed by atoms with Gasteiger partial charge in [0.25, 0.3) is 0 Å². The first-order valence-electron chi connectivity index (χ1n) is 7.24. The Morgan fingerprint density at radius 3 is 2.63 bits per heavy atom. The SMILES string of the molecule is CCCNC(C)CCOc1ccc(CC)cc1OC. The fourth-order valence-corrected chi connectivity index (χ4v) is 1.89. The monoisotopic (exact) mass is 265 g/mol. The summed E-state index contributed by atoms with van der Waals surface area (Å²) >= 11 is 0. The van der Waals surface area contributed by atoms with Gasteiger partial charge in [0.1, 0.15) is 0 Å². The lowest BCUT2D eigenvalue weighted by molar-refractivity contribution is 0.274. The van der Waals surface area contributed by atoms with Gasteiger partial charge in [-0.1, -0.05) is 19.9 Å². The van der Waals surface area contributed by atoms with Crippen molar-refractivity contribution in [3.8, 4) is 11.5 Å². The van der Waals surface area contributed by atoms with Crippen molar-refractivity contribution in [3.05, 3.63) is 23.8 Å². The zero-order valence-electron chi connectivity index (χ0n) is 12.7. The molecule has 1 atom stereocenters. The molecule has 3 heteroatoms. The molecule has 0 aliphatic rings. The third kappa shape index (κ3) is 5.52. The van der Waals surface area contributed by atoms with Crippen LogP contribution in [0.4, 0.5) is 0 Å². The third-order valence-electron chi connectivity index (χ3n) is 3.19. The normalized spacial score (nSPS) is 12.2. The number of ether oxygens (including phenoxy) is 2. The maximum atomic E-state index is 5.81. The minimum Gasteiger partial charge on any atom is -0.493 e. The molecule has 1 aromatic carbocycles. The average molecular weight is 265 g/mol. The van der Waals surface area contributed by atoms with Crippen molar-refractivity contribution >= 4 is 0 Å². The van der Waals surface area contributed by atoms with E-state index in [0.29, 0.717) is 12.6 Å². The summed E-state index contributed by atoms with van der Waals surface area (Å²) in [6, 6.07) is 6.63. The Morgan fingerprint density at radius 2 is 2.00 bits per heavy atom. The molecule has 0 saturated heterocycles. The van der Waals surface area contributed by atoms with Gasteiger partial charge in [0.15, 0.2) is 11.5 Å². The molecule has 0 bridgehead atoms. The lowest BCUT2D eigenvalue weighted by atomic mass is 10.1. The van der Waals surface area contributed by atoms with E-state index in [2.05, 4.69) is 32.2 Å². The number of nitrogens with one attached hydrogen (secondary N) is 1. The Kier molecular flexibility index (Phi) is 7.34. The van der Waals surface area contributed by atoms with Crippen molar-refractivity contribution in [2.45, 2.75) is 46.1 Å². The summed E-state index contributed by atoms with van der Waals surface area (Å²) in [5.74, 6) is 1.66. The van der Waals surface area contributed by atoms with E-state index in [9.17, 15) is 0 Å². The lowest BCUT2D eigenvalue weighted by Gasteiger charge is -2.15. The first-order valence-corrected chi connectivity index (χ1v) is 7.24. The summed E-state index contributed by atoms with van der Waals surface area (Å²) in [4.78, 5) is 0. The second-order valence-corrected chi connectivity index (χ2v) is 4.83. The highest BCUT2D eigenvalue weighted by Crippen LogP contribution is 2.28. The molecule has 1 aromatic rings. The predicted molar refractivity (Wildman–Crippen MR) is 80.2 cm³/mol. The fraction of sp³-hybridized carbons (Fsp3) is 0.625. The Balaban J connectivity index is 2.44. The molecule has 0 radical (unpaired) electrons. The van der Waals surface area contributed by atoms with Crippen LogP contribution in [-0.4, -0.2) is 26.3 Å². The largest absolute Gasteiger partial charge is 0.493 e. The maximum absolute atomic E-state index is 5.81. The summed E-state index contributed by atoms with van der Waals surface area (Å²) in [6.07, 6.45) is 3.17. The Labute approximate surface area is 117 Å². The van der Waals surface area contributed by atoms with Gasteiger partial charge in [-0.2, -0.15) is 0 Å². The van der Waals surface area contributed by atoms with Gasteiger partial charge in [-0.25, -0.2) is 0 Å². The highest BCUT2D eigenvalue weighted by atomic mass is 16.5. The van der Waals surface area contributed by atoms with E-state index in [1.165, 1.54) is 5.56 Å². The molecule has 0 aliphatic heterocycles. The molecule has 0 amide bonds. The highest BCUT2D eigenvalue weighted by molar-refractivity contribution is 5.42. The molecule has 1 N–H and O–H groups in total. The number of rotatable bonds is 9. The lowest BCUT2D eigenvalue weighted by Crippen LogP contribution is -2.28. The van der Waals surface area contributed by atoms with E-state index in [1.54, 1.807) is 7.11 Å². The molecule has 1 rings (SSSR count). The minimum absolute atomic E-state index is 0.487. The van der Waals surface area contributed by atoms with Crippen LogP contribution in [0.2, 0.25) is 0 Å². The van der Waals surface area contributed by atoms with Crippen LogP contribution >= 0.6 is 0 Å². The molecular weight excluding hydrogens is 238 g/mol. The molecular formula is C16H27NO2. The van der Waals surface area contributed by atoms with Crippen LogP contribution in [-0.2, 0) is 6.42 Å². The van der Waals surface area contributed by atoms with Crippen LogP contribution in [0.3, 0.4) is 0 Å². The summed E-state index contributed by atoms with van der Waals surface area (Å²) < 4.78 is 11.2. The molecule has 0 aliphatic carbocycles. The number of aryl methyl sites for hydroxylation is 1. The first-order chi connectivity index (χ1) is 9.21. The van der Waals surface area contributed by atoms with Crippen molar-refractivity contribution in [2.75, 3.05) is 20.3 Å². The van der Waals surface area contributed by atoms with E-state index >= 15 is 0 Å². The van der Waals surface area contributed by atoms with Crippen molar-refractivity contribution in [3.63, 3.8) is 0 Å². The van der Waals surface area contributed by atoms with Gasteiger partial charge >= 0.3 is 0 Å². The smallest absolute Gasteiger partial charge is 0.161 e. The minimum atomic E-state index is 0.487. The molecule has 0 aromatic heterocycles. The van der Waals surface area contributed by atoms with Crippen molar-refractivity contribution in [1.82, 2.24) is 5.32 Å². The molecule has 0 saturated carbocycles. The van der Waals surface area contributed by atoms with Crippen molar-refractivity contribution in [1.29, 1.82) is 0 Å². The van der Waals surface area contributed by atoms with Gasteiger partial charge < -0.3 is 14.8 Å². The average Bonchev–Trinajstić information content (AvgIpc) is 2.45.